The van der Waals surface area contributed by atoms with Crippen molar-refractivity contribution in [1.29, 1.82) is 5.26 Å². The van der Waals surface area contributed by atoms with Crippen molar-refractivity contribution in [1.82, 2.24) is 0 Å². The molecule has 0 aliphatic heterocycles. The lowest BCUT2D eigenvalue weighted by molar-refractivity contribution is -0.112. The molecule has 1 amide bonds. The van der Waals surface area contributed by atoms with E-state index in [4.69, 9.17) is 14.2 Å². The first-order valence-corrected chi connectivity index (χ1v) is 9.67. The minimum atomic E-state index is -0.884. The normalized spacial score (nSPS) is 10.7. The highest BCUT2D eigenvalue weighted by molar-refractivity contribution is 6.09. The highest BCUT2D eigenvalue weighted by Crippen LogP contribution is 2.30. The average Bonchev–Trinajstić information content (AvgIpc) is 2.83. The number of esters is 1. The Morgan fingerprint density at radius 3 is 2.45 bits per heavy atom. The summed E-state index contributed by atoms with van der Waals surface area (Å²) in [7, 11) is 2.87. The molecule has 0 saturated heterocycles. The minimum absolute atomic E-state index is 0.0576. The lowest BCUT2D eigenvalue weighted by atomic mass is 10.1. The maximum Gasteiger partial charge on any atom is 0.346 e. The van der Waals surface area contributed by atoms with E-state index in [1.165, 1.54) is 56.7 Å². The average molecular weight is 446 g/mol. The summed E-state index contributed by atoms with van der Waals surface area (Å²) in [6, 6.07) is 18.5. The van der Waals surface area contributed by atoms with Crippen LogP contribution in [0.5, 0.6) is 17.2 Å². The van der Waals surface area contributed by atoms with E-state index in [-0.39, 0.29) is 22.6 Å². The zero-order valence-electron chi connectivity index (χ0n) is 17.8. The van der Waals surface area contributed by atoms with Crippen molar-refractivity contribution in [2.24, 2.45) is 0 Å². The first-order chi connectivity index (χ1) is 15.9. The Bertz CT molecular complexity index is 1260. The second kappa shape index (κ2) is 10.6. The zero-order chi connectivity index (χ0) is 23.8. The van der Waals surface area contributed by atoms with Crippen LogP contribution in [0.3, 0.4) is 0 Å². The summed E-state index contributed by atoms with van der Waals surface area (Å²) < 4.78 is 29.5. The van der Waals surface area contributed by atoms with Gasteiger partial charge >= 0.3 is 5.97 Å². The van der Waals surface area contributed by atoms with Gasteiger partial charge in [0, 0.05) is 11.8 Å². The van der Waals surface area contributed by atoms with Crippen LogP contribution in [-0.4, -0.2) is 26.1 Å². The van der Waals surface area contributed by atoms with Crippen molar-refractivity contribution < 1.29 is 28.2 Å². The number of methoxy groups -OCH3 is 2. The van der Waals surface area contributed by atoms with E-state index in [2.05, 4.69) is 5.32 Å². The number of nitriles is 1. The van der Waals surface area contributed by atoms with Crippen LogP contribution in [0.2, 0.25) is 0 Å². The first-order valence-electron chi connectivity index (χ1n) is 9.67. The summed E-state index contributed by atoms with van der Waals surface area (Å²) in [5, 5.41) is 12.1. The molecule has 0 atom stereocenters. The summed E-state index contributed by atoms with van der Waals surface area (Å²) in [6.45, 7) is 0. The maximum atomic E-state index is 13.8. The van der Waals surface area contributed by atoms with Gasteiger partial charge < -0.3 is 19.5 Å². The van der Waals surface area contributed by atoms with E-state index >= 15 is 0 Å². The number of hydrogen-bond donors (Lipinski definition) is 1. The quantitative estimate of drug-likeness (QED) is 0.246. The molecule has 0 radical (unpaired) electrons. The predicted molar refractivity (Wildman–Crippen MR) is 120 cm³/mol. The molecule has 0 fully saturated rings. The Hall–Kier alpha value is -4.64. The van der Waals surface area contributed by atoms with Crippen LogP contribution in [0.1, 0.15) is 15.9 Å². The molecular formula is C25H19FN2O5. The molecule has 0 spiro atoms. The van der Waals surface area contributed by atoms with E-state index < -0.39 is 17.7 Å². The Morgan fingerprint density at radius 1 is 0.970 bits per heavy atom. The van der Waals surface area contributed by atoms with E-state index in [1.807, 2.05) is 6.07 Å². The number of amides is 1. The number of carbonyl (C=O) groups excluding carboxylic acids is 2. The van der Waals surface area contributed by atoms with Gasteiger partial charge in [-0.2, -0.15) is 5.26 Å². The standard InChI is InChI=1S/C25H19FN2O5/c1-31-19-7-5-6-18(14-19)28-24(29)17(15-27)12-16-10-11-22(23(13-16)32-2)33-25(30)20-8-3-4-9-21(20)26/h3-14H,1-2H3,(H,28,29)/b17-12+. The number of hydrogen-bond acceptors (Lipinski definition) is 6. The number of benzene rings is 3. The number of nitrogens with one attached hydrogen (secondary N) is 1. The van der Waals surface area contributed by atoms with E-state index in [9.17, 15) is 19.2 Å². The van der Waals surface area contributed by atoms with Gasteiger partial charge in [0.25, 0.3) is 5.91 Å². The molecule has 0 heterocycles. The van der Waals surface area contributed by atoms with Gasteiger partial charge in [0.1, 0.15) is 23.2 Å². The molecule has 166 valence electrons. The first kappa shape index (κ1) is 23.0. The summed E-state index contributed by atoms with van der Waals surface area (Å²) in [5.74, 6) is -1.42. The number of halogens is 1. The second-order valence-corrected chi connectivity index (χ2v) is 6.64. The Kier molecular flexibility index (Phi) is 7.39. The molecule has 0 bridgehead atoms. The third kappa shape index (κ3) is 5.74. The summed E-state index contributed by atoms with van der Waals surface area (Å²) in [4.78, 5) is 24.8. The lowest BCUT2D eigenvalue weighted by Crippen LogP contribution is -2.13. The van der Waals surface area contributed by atoms with Gasteiger partial charge in [0.05, 0.1) is 19.8 Å². The van der Waals surface area contributed by atoms with Crippen molar-refractivity contribution in [2.45, 2.75) is 0 Å². The van der Waals surface area contributed by atoms with Crippen molar-refractivity contribution >= 4 is 23.6 Å². The highest BCUT2D eigenvalue weighted by Gasteiger charge is 2.17. The number of ether oxygens (including phenoxy) is 3. The third-order valence-electron chi connectivity index (χ3n) is 4.49. The largest absolute Gasteiger partial charge is 0.497 e. The smallest absolute Gasteiger partial charge is 0.346 e. The highest BCUT2D eigenvalue weighted by atomic mass is 19.1. The van der Waals surface area contributed by atoms with Crippen LogP contribution >= 0.6 is 0 Å². The number of anilines is 1. The lowest BCUT2D eigenvalue weighted by Gasteiger charge is -2.11. The van der Waals surface area contributed by atoms with Crippen molar-refractivity contribution in [2.75, 3.05) is 19.5 Å². The van der Waals surface area contributed by atoms with Gasteiger partial charge in [-0.1, -0.05) is 24.3 Å². The topological polar surface area (TPSA) is 97.6 Å². The van der Waals surface area contributed by atoms with Crippen LogP contribution in [0.25, 0.3) is 6.08 Å². The minimum Gasteiger partial charge on any atom is -0.497 e. The molecule has 0 unspecified atom stereocenters. The van der Waals surface area contributed by atoms with E-state index in [0.29, 0.717) is 17.0 Å². The molecular weight excluding hydrogens is 427 g/mol. The molecule has 0 saturated carbocycles. The second-order valence-electron chi connectivity index (χ2n) is 6.64. The van der Waals surface area contributed by atoms with Gasteiger partial charge in [-0.25, -0.2) is 9.18 Å². The van der Waals surface area contributed by atoms with Crippen LogP contribution in [0.15, 0.2) is 72.3 Å². The zero-order valence-corrected chi connectivity index (χ0v) is 17.8. The SMILES string of the molecule is COc1cccc(NC(=O)/C(C#N)=C/c2ccc(OC(=O)c3ccccc3F)c(OC)c2)c1. The molecule has 0 aliphatic carbocycles. The van der Waals surface area contributed by atoms with E-state index in [0.717, 1.165) is 6.07 Å². The monoisotopic (exact) mass is 446 g/mol. The Morgan fingerprint density at radius 2 is 1.76 bits per heavy atom. The third-order valence-corrected chi connectivity index (χ3v) is 4.49. The fourth-order valence-electron chi connectivity index (χ4n) is 2.85. The van der Waals surface area contributed by atoms with Gasteiger partial charge in [0.15, 0.2) is 11.5 Å². The molecule has 7 nitrogen and oxygen atoms in total. The van der Waals surface area contributed by atoms with Crippen molar-refractivity contribution in [3.8, 4) is 23.3 Å². The molecule has 33 heavy (non-hydrogen) atoms. The van der Waals surface area contributed by atoms with Crippen LogP contribution in [0.4, 0.5) is 10.1 Å². The number of carbonyl (C=O) groups is 2. The van der Waals surface area contributed by atoms with Crippen LogP contribution < -0.4 is 19.5 Å². The van der Waals surface area contributed by atoms with Gasteiger partial charge in [-0.15, -0.1) is 0 Å². The molecule has 3 aromatic carbocycles. The number of rotatable bonds is 7. The molecule has 3 rings (SSSR count). The number of nitrogens with zero attached hydrogens (tertiary/aromatic N) is 1. The fraction of sp³-hybridized carbons (Fsp3) is 0.0800. The van der Waals surface area contributed by atoms with Crippen molar-refractivity contribution in [3.05, 3.63) is 89.2 Å². The molecule has 0 aromatic heterocycles. The molecule has 1 N–H and O–H groups in total. The Balaban J connectivity index is 1.80. The molecule has 3 aromatic rings. The van der Waals surface area contributed by atoms with Gasteiger partial charge in [-0.3, -0.25) is 4.79 Å². The van der Waals surface area contributed by atoms with Gasteiger partial charge in [0.2, 0.25) is 0 Å². The van der Waals surface area contributed by atoms with Crippen LogP contribution in [0, 0.1) is 17.1 Å². The summed E-state index contributed by atoms with van der Waals surface area (Å²) in [6.07, 6.45) is 1.36. The molecule has 8 heteroatoms. The maximum absolute atomic E-state index is 13.8. The van der Waals surface area contributed by atoms with Gasteiger partial charge in [-0.05, 0) is 48.0 Å². The Labute approximate surface area is 189 Å². The predicted octanol–water partition coefficient (Wildman–Crippen LogP) is 4.61. The fourth-order valence-corrected chi connectivity index (χ4v) is 2.85. The van der Waals surface area contributed by atoms with Crippen molar-refractivity contribution in [3.63, 3.8) is 0 Å². The van der Waals surface area contributed by atoms with Crippen LogP contribution in [-0.2, 0) is 4.79 Å². The molecule has 0 aliphatic rings. The van der Waals surface area contributed by atoms with E-state index in [1.54, 1.807) is 24.3 Å². The summed E-state index contributed by atoms with van der Waals surface area (Å²) >= 11 is 0. The summed E-state index contributed by atoms with van der Waals surface area (Å²) in [5.41, 5.74) is 0.545.